The van der Waals surface area contributed by atoms with Crippen LogP contribution in [0.1, 0.15) is 56.3 Å². The Morgan fingerprint density at radius 1 is 1.11 bits per heavy atom. The lowest BCUT2D eigenvalue weighted by Gasteiger charge is -2.30. The number of rotatable bonds is 5. The SMILES string of the molecule is O=C(Cn1nc2n(c1=O)CCCCC2)NCC1(c2ccc(Cl)cc2)CCCC1. The molecule has 1 amide bonds. The highest BCUT2D eigenvalue weighted by Gasteiger charge is 2.36. The maximum Gasteiger partial charge on any atom is 0.346 e. The smallest absolute Gasteiger partial charge is 0.346 e. The Balaban J connectivity index is 1.44. The molecular formula is C21H27ClN4O2. The quantitative estimate of drug-likeness (QED) is 0.835. The van der Waals surface area contributed by atoms with Crippen LogP contribution in [0.4, 0.5) is 0 Å². The number of amides is 1. The van der Waals surface area contributed by atoms with Crippen LogP contribution in [0.3, 0.4) is 0 Å². The van der Waals surface area contributed by atoms with E-state index in [1.165, 1.54) is 10.2 Å². The van der Waals surface area contributed by atoms with E-state index in [9.17, 15) is 9.59 Å². The third kappa shape index (κ3) is 3.88. The minimum Gasteiger partial charge on any atom is -0.354 e. The molecule has 1 aliphatic heterocycles. The summed E-state index contributed by atoms with van der Waals surface area (Å²) in [4.78, 5) is 25.1. The van der Waals surface area contributed by atoms with Gasteiger partial charge in [-0.25, -0.2) is 9.48 Å². The molecule has 0 spiro atoms. The first kappa shape index (κ1) is 19.2. The molecule has 0 bridgehead atoms. The molecule has 7 heteroatoms. The molecule has 2 heterocycles. The van der Waals surface area contributed by atoms with Crippen molar-refractivity contribution in [2.45, 2.75) is 69.9 Å². The molecule has 1 aromatic carbocycles. The second kappa shape index (κ2) is 8.11. The van der Waals surface area contributed by atoms with Gasteiger partial charge in [0.05, 0.1) is 0 Å². The van der Waals surface area contributed by atoms with Gasteiger partial charge in [0.1, 0.15) is 12.4 Å². The van der Waals surface area contributed by atoms with Crippen molar-refractivity contribution >= 4 is 17.5 Å². The molecule has 1 fully saturated rings. The van der Waals surface area contributed by atoms with Crippen molar-refractivity contribution in [1.29, 1.82) is 0 Å². The van der Waals surface area contributed by atoms with Crippen LogP contribution < -0.4 is 11.0 Å². The summed E-state index contributed by atoms with van der Waals surface area (Å²) in [6, 6.07) is 7.96. The third-order valence-electron chi connectivity index (χ3n) is 6.22. The minimum absolute atomic E-state index is 0.0183. The number of hydrogen-bond donors (Lipinski definition) is 1. The number of benzene rings is 1. The monoisotopic (exact) mass is 402 g/mol. The largest absolute Gasteiger partial charge is 0.354 e. The average Bonchev–Trinajstić information content (AvgIpc) is 3.20. The third-order valence-corrected chi connectivity index (χ3v) is 6.47. The molecule has 4 rings (SSSR count). The normalized spacial score (nSPS) is 18.5. The fourth-order valence-corrected chi connectivity index (χ4v) is 4.74. The first-order valence-corrected chi connectivity index (χ1v) is 10.6. The highest BCUT2D eigenvalue weighted by Crippen LogP contribution is 2.40. The van der Waals surface area contributed by atoms with Crippen LogP contribution in [-0.2, 0) is 29.7 Å². The predicted octanol–water partition coefficient (Wildman–Crippen LogP) is 3.05. The molecule has 2 aliphatic rings. The zero-order valence-corrected chi connectivity index (χ0v) is 16.9. The lowest BCUT2D eigenvalue weighted by Crippen LogP contribution is -2.41. The van der Waals surface area contributed by atoms with E-state index in [1.807, 2.05) is 12.1 Å². The summed E-state index contributed by atoms with van der Waals surface area (Å²) in [6.45, 7) is 1.26. The highest BCUT2D eigenvalue weighted by molar-refractivity contribution is 6.30. The molecule has 0 atom stereocenters. The highest BCUT2D eigenvalue weighted by atomic mass is 35.5. The Bertz CT molecular complexity index is 894. The van der Waals surface area contributed by atoms with E-state index in [0.717, 1.165) is 62.2 Å². The molecule has 6 nitrogen and oxygen atoms in total. The molecular weight excluding hydrogens is 376 g/mol. The molecule has 2 aromatic rings. The molecule has 0 saturated heterocycles. The van der Waals surface area contributed by atoms with Gasteiger partial charge < -0.3 is 5.32 Å². The van der Waals surface area contributed by atoms with Gasteiger partial charge in [-0.15, -0.1) is 0 Å². The van der Waals surface area contributed by atoms with E-state index in [2.05, 4.69) is 22.5 Å². The maximum absolute atomic E-state index is 12.6. The zero-order valence-electron chi connectivity index (χ0n) is 16.1. The van der Waals surface area contributed by atoms with Gasteiger partial charge in [0.25, 0.3) is 0 Å². The Kier molecular flexibility index (Phi) is 5.58. The minimum atomic E-state index is -0.166. The molecule has 0 unspecified atom stereocenters. The molecule has 0 radical (unpaired) electrons. The fourth-order valence-electron chi connectivity index (χ4n) is 4.61. The average molecular weight is 403 g/mol. The standard InChI is InChI=1S/C21H27ClN4O2/c22-17-9-7-16(8-10-17)21(11-3-4-12-21)15-23-19(27)14-26-20(28)25-13-5-1-2-6-18(25)24-26/h7-10H,1-6,11-15H2,(H,23,27). The summed E-state index contributed by atoms with van der Waals surface area (Å²) in [5, 5.41) is 8.20. The van der Waals surface area contributed by atoms with Crippen LogP contribution in [0.25, 0.3) is 0 Å². The van der Waals surface area contributed by atoms with Crippen molar-refractivity contribution in [3.63, 3.8) is 0 Å². The van der Waals surface area contributed by atoms with E-state index in [-0.39, 0.29) is 23.6 Å². The first-order valence-electron chi connectivity index (χ1n) is 10.3. The maximum atomic E-state index is 12.6. The van der Waals surface area contributed by atoms with Crippen molar-refractivity contribution in [3.8, 4) is 0 Å². The number of nitrogens with one attached hydrogen (secondary N) is 1. The molecule has 28 heavy (non-hydrogen) atoms. The summed E-state index contributed by atoms with van der Waals surface area (Å²) < 4.78 is 3.05. The van der Waals surface area contributed by atoms with Crippen LogP contribution in [0.15, 0.2) is 29.1 Å². The van der Waals surface area contributed by atoms with Crippen molar-refractivity contribution < 1.29 is 4.79 Å². The lowest BCUT2D eigenvalue weighted by atomic mass is 9.79. The number of nitrogens with zero attached hydrogens (tertiary/aromatic N) is 3. The summed E-state index contributed by atoms with van der Waals surface area (Å²) in [5.41, 5.74) is 1.01. The number of aromatic nitrogens is 3. The molecule has 150 valence electrons. The van der Waals surface area contributed by atoms with Crippen molar-refractivity contribution in [1.82, 2.24) is 19.7 Å². The van der Waals surface area contributed by atoms with Gasteiger partial charge in [0, 0.05) is 29.9 Å². The topological polar surface area (TPSA) is 68.9 Å². The molecule has 1 saturated carbocycles. The number of halogens is 1. The van der Waals surface area contributed by atoms with Crippen LogP contribution in [0.5, 0.6) is 0 Å². The van der Waals surface area contributed by atoms with E-state index in [4.69, 9.17) is 11.6 Å². The van der Waals surface area contributed by atoms with Crippen LogP contribution in [0, 0.1) is 0 Å². The predicted molar refractivity (Wildman–Crippen MR) is 109 cm³/mol. The molecule has 1 N–H and O–H groups in total. The van der Waals surface area contributed by atoms with Crippen LogP contribution in [0.2, 0.25) is 5.02 Å². The van der Waals surface area contributed by atoms with Gasteiger partial charge in [0.15, 0.2) is 0 Å². The van der Waals surface area contributed by atoms with E-state index in [0.29, 0.717) is 13.1 Å². The fraction of sp³-hybridized carbons (Fsp3) is 0.571. The summed E-state index contributed by atoms with van der Waals surface area (Å²) >= 11 is 6.04. The Hall–Kier alpha value is -2.08. The summed E-state index contributed by atoms with van der Waals surface area (Å²) in [5.74, 6) is 0.652. The Labute approximate surface area is 169 Å². The van der Waals surface area contributed by atoms with E-state index < -0.39 is 0 Å². The van der Waals surface area contributed by atoms with Crippen LogP contribution >= 0.6 is 11.6 Å². The van der Waals surface area contributed by atoms with Gasteiger partial charge in [-0.1, -0.05) is 43.0 Å². The summed E-state index contributed by atoms with van der Waals surface area (Å²) in [6.07, 6.45) is 8.39. The second-order valence-corrected chi connectivity index (χ2v) is 8.53. The number of fused-ring (bicyclic) bond motifs is 1. The van der Waals surface area contributed by atoms with E-state index >= 15 is 0 Å². The van der Waals surface area contributed by atoms with Crippen LogP contribution in [-0.4, -0.2) is 26.8 Å². The van der Waals surface area contributed by atoms with Gasteiger partial charge in [-0.05, 0) is 43.4 Å². The number of carbonyl (C=O) groups excluding carboxylic acids is 1. The van der Waals surface area contributed by atoms with Crippen molar-refractivity contribution in [3.05, 3.63) is 51.2 Å². The van der Waals surface area contributed by atoms with Crippen molar-refractivity contribution in [2.75, 3.05) is 6.54 Å². The van der Waals surface area contributed by atoms with Gasteiger partial charge in [0.2, 0.25) is 5.91 Å². The molecule has 1 aliphatic carbocycles. The second-order valence-electron chi connectivity index (χ2n) is 8.09. The number of carbonyl (C=O) groups is 1. The lowest BCUT2D eigenvalue weighted by molar-refractivity contribution is -0.122. The first-order chi connectivity index (χ1) is 13.6. The van der Waals surface area contributed by atoms with Gasteiger partial charge in [-0.2, -0.15) is 5.10 Å². The number of aryl methyl sites for hydroxylation is 1. The Morgan fingerprint density at radius 2 is 1.86 bits per heavy atom. The number of hydrogen-bond acceptors (Lipinski definition) is 3. The van der Waals surface area contributed by atoms with Gasteiger partial charge >= 0.3 is 5.69 Å². The van der Waals surface area contributed by atoms with Gasteiger partial charge in [-0.3, -0.25) is 9.36 Å². The molecule has 1 aromatic heterocycles. The Morgan fingerprint density at radius 3 is 2.61 bits per heavy atom. The van der Waals surface area contributed by atoms with Crippen molar-refractivity contribution in [2.24, 2.45) is 0 Å². The summed E-state index contributed by atoms with van der Waals surface area (Å²) in [7, 11) is 0. The van der Waals surface area contributed by atoms with E-state index in [1.54, 1.807) is 4.57 Å². The zero-order chi connectivity index (χ0) is 19.6.